The number of hydrogen-bond acceptors (Lipinski definition) is 5. The van der Waals surface area contributed by atoms with E-state index in [0.29, 0.717) is 29.7 Å². The maximum absolute atomic E-state index is 13.5. The van der Waals surface area contributed by atoms with Gasteiger partial charge in [0.1, 0.15) is 11.4 Å². The van der Waals surface area contributed by atoms with Gasteiger partial charge in [0, 0.05) is 30.1 Å². The van der Waals surface area contributed by atoms with Crippen molar-refractivity contribution in [1.29, 1.82) is 0 Å². The van der Waals surface area contributed by atoms with Gasteiger partial charge < -0.3 is 20.1 Å². The molecule has 0 atom stereocenters. The lowest BCUT2D eigenvalue weighted by molar-refractivity contribution is 0.0210. The number of carbonyl (C=O) groups is 2. The lowest BCUT2D eigenvalue weighted by Crippen LogP contribution is -2.44. The first kappa shape index (κ1) is 23.5. The largest absolute Gasteiger partial charge is 0.478 e. The van der Waals surface area contributed by atoms with Crippen LogP contribution < -0.4 is 5.32 Å². The number of benzene rings is 2. The van der Waals surface area contributed by atoms with E-state index in [1.807, 2.05) is 26.8 Å². The second-order valence-corrected chi connectivity index (χ2v) is 9.49. The molecule has 34 heavy (non-hydrogen) atoms. The summed E-state index contributed by atoms with van der Waals surface area (Å²) in [7, 11) is 0. The van der Waals surface area contributed by atoms with E-state index >= 15 is 0 Å². The Hall–Kier alpha value is -3.68. The summed E-state index contributed by atoms with van der Waals surface area (Å²) in [6.45, 7) is 6.65. The number of carboxylic acid groups (broad SMARTS) is 1. The molecule has 0 saturated carbocycles. The van der Waals surface area contributed by atoms with Gasteiger partial charge in [-0.05, 0) is 82.1 Å². The molecule has 0 spiro atoms. The molecule has 4 rings (SSSR count). The van der Waals surface area contributed by atoms with Crippen LogP contribution in [0.4, 0.5) is 14.9 Å². The lowest BCUT2D eigenvalue weighted by atomic mass is 10.0. The summed E-state index contributed by atoms with van der Waals surface area (Å²) >= 11 is 0. The summed E-state index contributed by atoms with van der Waals surface area (Å²) in [5.74, 6) is -1.34. The maximum Gasteiger partial charge on any atom is 0.410 e. The molecule has 1 aliphatic heterocycles. The Morgan fingerprint density at radius 3 is 2.38 bits per heavy atom. The smallest absolute Gasteiger partial charge is 0.410 e. The number of carbonyl (C=O) groups excluding carboxylic acids is 1. The second-order valence-electron chi connectivity index (χ2n) is 9.49. The van der Waals surface area contributed by atoms with Crippen LogP contribution in [0.25, 0.3) is 22.2 Å². The van der Waals surface area contributed by atoms with Gasteiger partial charge in [0.2, 0.25) is 0 Å². The first-order valence-corrected chi connectivity index (χ1v) is 11.3. The van der Waals surface area contributed by atoms with Crippen molar-refractivity contribution >= 4 is 28.7 Å². The molecule has 0 radical (unpaired) electrons. The summed E-state index contributed by atoms with van der Waals surface area (Å²) in [5.41, 5.74) is 2.43. The number of nitrogens with zero attached hydrogens (tertiary/aromatic N) is 2. The first-order valence-electron chi connectivity index (χ1n) is 11.3. The van der Waals surface area contributed by atoms with E-state index in [1.165, 1.54) is 18.2 Å². The van der Waals surface area contributed by atoms with Crippen LogP contribution >= 0.6 is 0 Å². The number of anilines is 1. The molecule has 1 saturated heterocycles. The maximum atomic E-state index is 13.5. The van der Waals surface area contributed by atoms with Crippen molar-refractivity contribution in [3.63, 3.8) is 0 Å². The first-order chi connectivity index (χ1) is 16.1. The van der Waals surface area contributed by atoms with Gasteiger partial charge in [-0.1, -0.05) is 0 Å². The van der Waals surface area contributed by atoms with E-state index in [-0.39, 0.29) is 23.5 Å². The average molecular weight is 466 g/mol. The quantitative estimate of drug-likeness (QED) is 0.525. The van der Waals surface area contributed by atoms with Gasteiger partial charge in [0.25, 0.3) is 0 Å². The third-order valence-corrected chi connectivity index (χ3v) is 5.69. The SMILES string of the molecule is CC(C)(C)OC(=O)N1CCC(Nc2cc3cc(C(=O)O)ccc3nc2-c2ccc(F)cc2)CC1. The zero-order valence-electron chi connectivity index (χ0n) is 19.5. The van der Waals surface area contributed by atoms with Crippen LogP contribution in [0.5, 0.6) is 0 Å². The summed E-state index contributed by atoms with van der Waals surface area (Å²) < 4.78 is 19.0. The number of pyridine rings is 1. The van der Waals surface area contributed by atoms with Crippen LogP contribution in [0, 0.1) is 5.82 Å². The molecule has 0 bridgehead atoms. The molecule has 178 valence electrons. The Morgan fingerprint density at radius 1 is 1.09 bits per heavy atom. The average Bonchev–Trinajstić information content (AvgIpc) is 2.78. The fourth-order valence-electron chi connectivity index (χ4n) is 4.00. The van der Waals surface area contributed by atoms with Crippen LogP contribution in [0.15, 0.2) is 48.5 Å². The molecule has 2 heterocycles. The van der Waals surface area contributed by atoms with E-state index < -0.39 is 11.6 Å². The molecular weight excluding hydrogens is 437 g/mol. The predicted octanol–water partition coefficient (Wildman–Crippen LogP) is 5.55. The molecule has 8 heteroatoms. The summed E-state index contributed by atoms with van der Waals surface area (Å²) in [5, 5.41) is 13.6. The van der Waals surface area contributed by atoms with Crippen LogP contribution in [0.2, 0.25) is 0 Å². The van der Waals surface area contributed by atoms with Crippen LogP contribution in [-0.2, 0) is 4.74 Å². The molecule has 1 aromatic heterocycles. The highest BCUT2D eigenvalue weighted by molar-refractivity contribution is 5.96. The Bertz CT molecular complexity index is 1210. The van der Waals surface area contributed by atoms with E-state index in [1.54, 1.807) is 29.2 Å². The minimum Gasteiger partial charge on any atom is -0.478 e. The van der Waals surface area contributed by atoms with Gasteiger partial charge >= 0.3 is 12.1 Å². The van der Waals surface area contributed by atoms with E-state index in [9.17, 15) is 19.1 Å². The van der Waals surface area contributed by atoms with E-state index in [2.05, 4.69) is 5.32 Å². The molecule has 0 unspecified atom stereocenters. The van der Waals surface area contributed by atoms with Crippen molar-refractivity contribution in [3.05, 3.63) is 59.9 Å². The number of fused-ring (bicyclic) bond motifs is 1. The van der Waals surface area contributed by atoms with Crippen molar-refractivity contribution in [3.8, 4) is 11.3 Å². The number of aromatic carboxylic acids is 1. The number of halogens is 1. The molecular formula is C26H28FN3O4. The minimum atomic E-state index is -1.01. The third-order valence-electron chi connectivity index (χ3n) is 5.69. The number of piperidine rings is 1. The lowest BCUT2D eigenvalue weighted by Gasteiger charge is -2.34. The number of amides is 1. The predicted molar refractivity (Wildman–Crippen MR) is 129 cm³/mol. The molecule has 0 aliphatic carbocycles. The highest BCUT2D eigenvalue weighted by atomic mass is 19.1. The van der Waals surface area contributed by atoms with Crippen molar-refractivity contribution in [2.45, 2.75) is 45.3 Å². The Morgan fingerprint density at radius 2 is 1.76 bits per heavy atom. The van der Waals surface area contributed by atoms with Crippen molar-refractivity contribution in [2.75, 3.05) is 18.4 Å². The number of nitrogens with one attached hydrogen (secondary N) is 1. The highest BCUT2D eigenvalue weighted by Gasteiger charge is 2.27. The molecule has 1 aliphatic rings. The van der Waals surface area contributed by atoms with Gasteiger partial charge in [-0.15, -0.1) is 0 Å². The van der Waals surface area contributed by atoms with E-state index in [4.69, 9.17) is 9.72 Å². The normalized spacial score (nSPS) is 14.8. The minimum absolute atomic E-state index is 0.0831. The van der Waals surface area contributed by atoms with Gasteiger partial charge in [-0.2, -0.15) is 0 Å². The van der Waals surface area contributed by atoms with Crippen molar-refractivity contribution in [2.24, 2.45) is 0 Å². The molecule has 1 amide bonds. The number of carboxylic acids is 1. The highest BCUT2D eigenvalue weighted by Crippen LogP contribution is 2.32. The number of hydrogen-bond donors (Lipinski definition) is 2. The topological polar surface area (TPSA) is 91.8 Å². The Balaban J connectivity index is 1.60. The number of aromatic nitrogens is 1. The zero-order valence-corrected chi connectivity index (χ0v) is 19.5. The van der Waals surface area contributed by atoms with Gasteiger partial charge in [0.15, 0.2) is 0 Å². The molecule has 2 aromatic carbocycles. The summed E-state index contributed by atoms with van der Waals surface area (Å²) in [4.78, 5) is 30.3. The fourth-order valence-corrected chi connectivity index (χ4v) is 4.00. The summed E-state index contributed by atoms with van der Waals surface area (Å²) in [6.07, 6.45) is 1.12. The van der Waals surface area contributed by atoms with Crippen LogP contribution in [0.3, 0.4) is 0 Å². The number of rotatable bonds is 4. The standard InChI is InChI=1S/C26H28FN3O4/c1-26(2,3)34-25(33)30-12-10-20(11-13-30)28-22-15-18-14-17(24(31)32)6-9-21(18)29-23(22)16-4-7-19(27)8-5-16/h4-9,14-15,20,28H,10-13H2,1-3H3,(H,31,32). The third kappa shape index (κ3) is 5.44. The Labute approximate surface area is 197 Å². The number of likely N-dealkylation sites (tertiary alicyclic amines) is 1. The van der Waals surface area contributed by atoms with Crippen LogP contribution in [0.1, 0.15) is 44.0 Å². The van der Waals surface area contributed by atoms with E-state index in [0.717, 1.165) is 24.1 Å². The van der Waals surface area contributed by atoms with Crippen LogP contribution in [-0.4, -0.2) is 51.8 Å². The second kappa shape index (κ2) is 9.29. The number of ether oxygens (including phenoxy) is 1. The molecule has 3 aromatic rings. The van der Waals surface area contributed by atoms with Gasteiger partial charge in [-0.3, -0.25) is 0 Å². The van der Waals surface area contributed by atoms with Crippen molar-refractivity contribution < 1.29 is 23.8 Å². The molecule has 7 nitrogen and oxygen atoms in total. The Kier molecular flexibility index (Phi) is 6.41. The van der Waals surface area contributed by atoms with Crippen molar-refractivity contribution in [1.82, 2.24) is 9.88 Å². The molecule has 1 fully saturated rings. The fraction of sp³-hybridized carbons (Fsp3) is 0.346. The van der Waals surface area contributed by atoms with Gasteiger partial charge in [-0.25, -0.2) is 19.0 Å². The monoisotopic (exact) mass is 465 g/mol. The molecule has 2 N–H and O–H groups in total. The van der Waals surface area contributed by atoms with Gasteiger partial charge in [0.05, 0.1) is 22.5 Å². The summed E-state index contributed by atoms with van der Waals surface area (Å²) in [6, 6.07) is 12.9. The zero-order chi connectivity index (χ0) is 24.5.